The van der Waals surface area contributed by atoms with Gasteiger partial charge in [0, 0.05) is 34.1 Å². The van der Waals surface area contributed by atoms with E-state index < -0.39 is 0 Å². The lowest BCUT2D eigenvalue weighted by atomic mass is 10.1. The largest absolute Gasteiger partial charge is 0.311 e. The van der Waals surface area contributed by atoms with Crippen LogP contribution in [0.2, 0.25) is 0 Å². The molecular weight excluding hydrogens is 725 g/mol. The summed E-state index contributed by atoms with van der Waals surface area (Å²) < 4.78 is 0. The van der Waals surface area contributed by atoms with E-state index in [-0.39, 0.29) is 0 Å². The van der Waals surface area contributed by atoms with Crippen molar-refractivity contribution in [3.8, 4) is 0 Å². The minimum Gasteiger partial charge on any atom is -0.311 e. The van der Waals surface area contributed by atoms with Crippen LogP contribution < -0.4 is 9.80 Å². The van der Waals surface area contributed by atoms with Crippen molar-refractivity contribution in [2.45, 2.75) is 0 Å². The van der Waals surface area contributed by atoms with Gasteiger partial charge in [-0.2, -0.15) is 0 Å². The third-order valence-electron chi connectivity index (χ3n) is 10.6. The molecular formula is C58H44N2. The zero-order valence-corrected chi connectivity index (χ0v) is 33.3. The van der Waals surface area contributed by atoms with Crippen molar-refractivity contribution in [3.63, 3.8) is 0 Å². The van der Waals surface area contributed by atoms with Gasteiger partial charge >= 0.3 is 0 Å². The first-order chi connectivity index (χ1) is 29.7. The molecule has 0 heterocycles. The van der Waals surface area contributed by atoms with Crippen LogP contribution in [0.4, 0.5) is 34.1 Å². The topological polar surface area (TPSA) is 6.48 Å². The van der Waals surface area contributed by atoms with Crippen LogP contribution in [-0.2, 0) is 0 Å². The molecule has 9 aromatic carbocycles. The molecule has 0 aromatic heterocycles. The molecule has 0 radical (unpaired) electrons. The minimum atomic E-state index is 1.12. The van der Waals surface area contributed by atoms with Gasteiger partial charge in [-0.1, -0.05) is 194 Å². The van der Waals surface area contributed by atoms with Gasteiger partial charge in [-0.15, -0.1) is 0 Å². The molecule has 0 spiro atoms. The molecule has 2 heteroatoms. The second-order valence-corrected chi connectivity index (χ2v) is 14.7. The van der Waals surface area contributed by atoms with Crippen molar-refractivity contribution < 1.29 is 0 Å². The first-order valence-electron chi connectivity index (χ1n) is 20.4. The lowest BCUT2D eigenvalue weighted by Gasteiger charge is -2.26. The van der Waals surface area contributed by atoms with E-state index in [1.165, 1.54) is 10.8 Å². The summed E-state index contributed by atoms with van der Waals surface area (Å²) >= 11 is 0. The van der Waals surface area contributed by atoms with Crippen LogP contribution in [0, 0.1) is 0 Å². The Labute approximate surface area is 353 Å². The average Bonchev–Trinajstić information content (AvgIpc) is 3.32. The molecule has 9 rings (SSSR count). The van der Waals surface area contributed by atoms with Crippen LogP contribution in [0.1, 0.15) is 33.4 Å². The number of benzene rings is 9. The van der Waals surface area contributed by atoms with Crippen molar-refractivity contribution in [2.24, 2.45) is 0 Å². The summed E-state index contributed by atoms with van der Waals surface area (Å²) in [6.07, 6.45) is 13.0. The van der Waals surface area contributed by atoms with Crippen LogP contribution in [-0.4, -0.2) is 0 Å². The van der Waals surface area contributed by atoms with Crippen molar-refractivity contribution in [1.82, 2.24) is 0 Å². The molecule has 0 saturated carbocycles. The average molecular weight is 769 g/mol. The lowest BCUT2D eigenvalue weighted by Crippen LogP contribution is -2.09. The predicted octanol–water partition coefficient (Wildman–Crippen LogP) is 16.3. The fraction of sp³-hybridized carbons (Fsp3) is 0. The van der Waals surface area contributed by atoms with Gasteiger partial charge < -0.3 is 9.80 Å². The first kappa shape index (κ1) is 37.6. The second kappa shape index (κ2) is 18.1. The van der Waals surface area contributed by atoms with E-state index in [4.69, 9.17) is 0 Å². The molecule has 0 atom stereocenters. The van der Waals surface area contributed by atoms with Crippen molar-refractivity contribution in [1.29, 1.82) is 0 Å². The Kier molecular flexibility index (Phi) is 11.4. The highest BCUT2D eigenvalue weighted by Gasteiger charge is 2.13. The Balaban J connectivity index is 0.814. The molecule has 0 fully saturated rings. The summed E-state index contributed by atoms with van der Waals surface area (Å²) in [6.45, 7) is 0. The van der Waals surface area contributed by atoms with Crippen LogP contribution in [0.5, 0.6) is 0 Å². The van der Waals surface area contributed by atoms with Crippen molar-refractivity contribution in [3.05, 3.63) is 264 Å². The number of rotatable bonds is 12. The third-order valence-corrected chi connectivity index (χ3v) is 10.6. The maximum atomic E-state index is 2.31. The number of anilines is 6. The quantitative estimate of drug-likeness (QED) is 0.114. The zero-order chi connectivity index (χ0) is 40.4. The highest BCUT2D eigenvalue weighted by atomic mass is 15.1. The van der Waals surface area contributed by atoms with E-state index in [9.17, 15) is 0 Å². The van der Waals surface area contributed by atoms with Crippen LogP contribution in [0.15, 0.2) is 231 Å². The molecule has 0 unspecified atom stereocenters. The number of fused-ring (bicyclic) bond motifs is 1. The highest BCUT2D eigenvalue weighted by Crippen LogP contribution is 2.37. The van der Waals surface area contributed by atoms with Gasteiger partial charge in [0.2, 0.25) is 0 Å². The van der Waals surface area contributed by atoms with Crippen LogP contribution >= 0.6 is 0 Å². The lowest BCUT2D eigenvalue weighted by molar-refractivity contribution is 1.28. The molecule has 2 nitrogen and oxygen atoms in total. The Bertz CT molecular complexity index is 2820. The maximum Gasteiger partial charge on any atom is 0.0468 e. The summed E-state index contributed by atoms with van der Waals surface area (Å²) in [5, 5.41) is 2.47. The van der Waals surface area contributed by atoms with Gasteiger partial charge in [0.05, 0.1) is 0 Å². The van der Waals surface area contributed by atoms with E-state index >= 15 is 0 Å². The Morgan fingerprint density at radius 1 is 0.200 bits per heavy atom. The minimum absolute atomic E-state index is 1.12. The van der Waals surface area contributed by atoms with E-state index in [0.29, 0.717) is 0 Å². The van der Waals surface area contributed by atoms with Gasteiger partial charge in [0.1, 0.15) is 0 Å². The Morgan fingerprint density at radius 2 is 0.450 bits per heavy atom. The summed E-state index contributed by atoms with van der Waals surface area (Å²) in [5.74, 6) is 0. The molecule has 0 amide bonds. The van der Waals surface area contributed by atoms with Crippen molar-refractivity contribution >= 4 is 81.4 Å². The van der Waals surface area contributed by atoms with Gasteiger partial charge in [-0.3, -0.25) is 0 Å². The maximum absolute atomic E-state index is 2.31. The SMILES string of the molecule is C(=C\c1ccc(/C=C/c2ccc(N(c3ccccc3)c3ccc4ccccc4c3)cc2)cc1)/c1ccc(/C=C/c2ccc(N(c3ccccc3)c3ccccc3)cc2)cc1. The summed E-state index contributed by atoms with van der Waals surface area (Å²) in [6, 6.07) is 81.5. The van der Waals surface area contributed by atoms with Gasteiger partial charge in [0.25, 0.3) is 0 Å². The van der Waals surface area contributed by atoms with E-state index in [1.807, 2.05) is 0 Å². The molecule has 0 N–H and O–H groups in total. The monoisotopic (exact) mass is 768 g/mol. The summed E-state index contributed by atoms with van der Waals surface area (Å²) in [4.78, 5) is 4.59. The van der Waals surface area contributed by atoms with Gasteiger partial charge in [0.15, 0.2) is 0 Å². The molecule has 0 aliphatic carbocycles. The van der Waals surface area contributed by atoms with Gasteiger partial charge in [-0.05, 0) is 117 Å². The van der Waals surface area contributed by atoms with E-state index in [2.05, 4.69) is 277 Å². The fourth-order valence-corrected chi connectivity index (χ4v) is 7.42. The number of hydrogen-bond acceptors (Lipinski definition) is 2. The normalized spacial score (nSPS) is 11.5. The molecule has 0 aliphatic rings. The predicted molar refractivity (Wildman–Crippen MR) is 259 cm³/mol. The Hall–Kier alpha value is -7.94. The molecule has 0 aliphatic heterocycles. The number of para-hydroxylation sites is 3. The smallest absolute Gasteiger partial charge is 0.0468 e. The number of hydrogen-bond donors (Lipinski definition) is 0. The van der Waals surface area contributed by atoms with Gasteiger partial charge in [-0.25, -0.2) is 0 Å². The summed E-state index contributed by atoms with van der Waals surface area (Å²) in [7, 11) is 0. The standard InChI is InChI=1S/C58H44N2/c1-4-14-53(15-5-1)59(54-16-6-2-7-17-54)56-39-34-49(35-40-56)32-30-47-26-22-45(23-27-47)20-21-46-24-28-48(29-25-46)31-33-50-36-41-57(42-37-50)60(55-18-8-3-9-19-55)58-43-38-51-12-10-11-13-52(51)44-58/h1-44H/b21-20+,32-30+,33-31+. The number of nitrogens with zero attached hydrogens (tertiary/aromatic N) is 2. The molecule has 0 saturated heterocycles. The second-order valence-electron chi connectivity index (χ2n) is 14.7. The van der Waals surface area contributed by atoms with E-state index in [1.54, 1.807) is 0 Å². The fourth-order valence-electron chi connectivity index (χ4n) is 7.42. The summed E-state index contributed by atoms with van der Waals surface area (Å²) in [5.41, 5.74) is 13.7. The molecule has 60 heavy (non-hydrogen) atoms. The van der Waals surface area contributed by atoms with E-state index in [0.717, 1.165) is 67.5 Å². The molecule has 0 bridgehead atoms. The van der Waals surface area contributed by atoms with Crippen molar-refractivity contribution in [2.75, 3.05) is 9.80 Å². The first-order valence-corrected chi connectivity index (χ1v) is 20.4. The third kappa shape index (κ3) is 9.10. The van der Waals surface area contributed by atoms with Crippen LogP contribution in [0.3, 0.4) is 0 Å². The zero-order valence-electron chi connectivity index (χ0n) is 33.3. The Morgan fingerprint density at radius 3 is 0.800 bits per heavy atom. The molecule has 286 valence electrons. The highest BCUT2D eigenvalue weighted by molar-refractivity contribution is 5.89. The molecule has 9 aromatic rings. The van der Waals surface area contributed by atoms with Crippen LogP contribution in [0.25, 0.3) is 47.2 Å².